The predicted molar refractivity (Wildman–Crippen MR) is 120 cm³/mol. The molecular formula is C16H21LiO4S6. The molecule has 11 heteroatoms. The summed E-state index contributed by atoms with van der Waals surface area (Å²) in [7, 11) is 0. The molecule has 0 amide bonds. The molecule has 0 fully saturated rings. The van der Waals surface area contributed by atoms with Gasteiger partial charge in [0, 0.05) is 15.7 Å². The second-order valence-corrected chi connectivity index (χ2v) is 12.0. The third-order valence-electron chi connectivity index (χ3n) is 3.11. The molecule has 0 aliphatic carbocycles. The zero-order valence-corrected chi connectivity index (χ0v) is 20.1. The molecule has 0 bridgehead atoms. The van der Waals surface area contributed by atoms with E-state index in [2.05, 4.69) is 5.41 Å². The van der Waals surface area contributed by atoms with Crippen molar-refractivity contribution in [3.63, 3.8) is 0 Å². The maximum atomic E-state index is 5.67. The third kappa shape index (κ3) is 9.62. The minimum atomic E-state index is 0. The number of thioether (sulfide) groups is 6. The molecule has 0 aromatic carbocycles. The van der Waals surface area contributed by atoms with Crippen LogP contribution >= 0.6 is 70.6 Å². The smallest absolute Gasteiger partial charge is 0.420 e. The maximum Gasteiger partial charge on any atom is 1.00 e. The number of hydrogen-bond acceptors (Lipinski definition) is 10. The van der Waals surface area contributed by atoms with E-state index in [9.17, 15) is 0 Å². The molecular weight excluding hydrogens is 456 g/mol. The van der Waals surface area contributed by atoms with Crippen molar-refractivity contribution in [2.45, 2.75) is 0 Å². The monoisotopic (exact) mass is 476 g/mol. The van der Waals surface area contributed by atoms with Crippen LogP contribution < -0.4 is 18.9 Å². The fourth-order valence-corrected chi connectivity index (χ4v) is 9.59. The summed E-state index contributed by atoms with van der Waals surface area (Å²) < 4.78 is 27.8. The molecule has 0 unspecified atom stereocenters. The van der Waals surface area contributed by atoms with Crippen molar-refractivity contribution in [2.24, 2.45) is 0 Å². The van der Waals surface area contributed by atoms with E-state index in [0.717, 1.165) is 24.7 Å². The Morgan fingerprint density at radius 3 is 1.56 bits per heavy atom. The van der Waals surface area contributed by atoms with Gasteiger partial charge in [0.05, 0.1) is 65.6 Å². The molecule has 3 aliphatic rings. The first-order valence-corrected chi connectivity index (χ1v) is 13.5. The van der Waals surface area contributed by atoms with Gasteiger partial charge in [-0.3, -0.25) is 0 Å². The molecule has 0 radical (unpaired) electrons. The van der Waals surface area contributed by atoms with Crippen molar-refractivity contribution in [2.75, 3.05) is 64.4 Å². The zero-order chi connectivity index (χ0) is 17.9. The first-order chi connectivity index (χ1) is 12.9. The van der Waals surface area contributed by atoms with Gasteiger partial charge in [0.2, 0.25) is 0 Å². The van der Waals surface area contributed by atoms with E-state index in [1.165, 1.54) is 16.9 Å². The minimum absolute atomic E-state index is 0. The van der Waals surface area contributed by atoms with Gasteiger partial charge >= 0.3 is 18.9 Å². The van der Waals surface area contributed by atoms with Crippen LogP contribution in [0.3, 0.4) is 0 Å². The van der Waals surface area contributed by atoms with Gasteiger partial charge in [0.15, 0.2) is 0 Å². The quantitative estimate of drug-likeness (QED) is 0.383. The molecule has 0 aromatic heterocycles. The third-order valence-corrected chi connectivity index (χ3v) is 11.0. The fraction of sp³-hybridized carbons (Fsp3) is 0.625. The first-order valence-electron chi connectivity index (χ1n) is 8.25. The molecule has 3 aliphatic heterocycles. The van der Waals surface area contributed by atoms with Crippen LogP contribution in [0.25, 0.3) is 0 Å². The largest absolute Gasteiger partial charge is 1.00 e. The molecule has 0 spiro atoms. The average molecular weight is 477 g/mol. The van der Waals surface area contributed by atoms with Crippen LogP contribution in [-0.4, -0.2) is 64.4 Å². The van der Waals surface area contributed by atoms with Crippen LogP contribution in [-0.2, 0) is 18.9 Å². The Bertz CT molecular complexity index is 501. The first kappa shape index (κ1) is 25.0. The summed E-state index contributed by atoms with van der Waals surface area (Å²) in [6.07, 6.45) is 0. The fourth-order valence-electron chi connectivity index (χ4n) is 1.95. The summed E-state index contributed by atoms with van der Waals surface area (Å²) in [5.41, 5.74) is 0. The second kappa shape index (κ2) is 15.5. The van der Waals surface area contributed by atoms with Gasteiger partial charge in [-0.2, -0.15) is 5.41 Å². The van der Waals surface area contributed by atoms with Gasteiger partial charge in [0.25, 0.3) is 0 Å². The van der Waals surface area contributed by atoms with Crippen LogP contribution in [0.2, 0.25) is 0 Å². The molecule has 0 aromatic rings. The minimum Gasteiger partial charge on any atom is -0.420 e. The number of ether oxygens (including phenoxy) is 4. The second-order valence-electron chi connectivity index (χ2n) is 4.96. The summed E-state index contributed by atoms with van der Waals surface area (Å²) in [6.45, 7) is 5.21. The van der Waals surface area contributed by atoms with Gasteiger partial charge in [-0.05, 0) is 0 Å². The molecule has 0 saturated carbocycles. The van der Waals surface area contributed by atoms with E-state index in [-0.39, 0.29) is 18.9 Å². The predicted octanol–water partition coefficient (Wildman–Crippen LogP) is 2.02. The Kier molecular flexibility index (Phi) is 14.4. The Labute approximate surface area is 199 Å². The van der Waals surface area contributed by atoms with E-state index in [4.69, 9.17) is 18.9 Å². The van der Waals surface area contributed by atoms with Crippen LogP contribution in [0.4, 0.5) is 0 Å². The molecule has 3 rings (SSSR count). The Morgan fingerprint density at radius 2 is 1.11 bits per heavy atom. The van der Waals surface area contributed by atoms with Gasteiger partial charge in [-0.1, -0.05) is 23.5 Å². The summed E-state index contributed by atoms with van der Waals surface area (Å²) in [4.78, 5) is 0. The van der Waals surface area contributed by atoms with E-state index >= 15 is 0 Å². The van der Waals surface area contributed by atoms with Gasteiger partial charge in [-0.25, -0.2) is 0 Å². The zero-order valence-electron chi connectivity index (χ0n) is 15.2. The summed E-state index contributed by atoms with van der Waals surface area (Å²) >= 11 is 11.0. The van der Waals surface area contributed by atoms with Gasteiger partial charge < -0.3 is 36.1 Å². The molecule has 27 heavy (non-hydrogen) atoms. The standard InChI is InChI=1S/C16H21O4S6.Li/c1-2-18-4-6-20-8-10-22-15-14(21-9-7-19-5-3-17-1)25-16(26-15)13-23-11-12-24-13;/h11H,1-10H2;/q-1;+1. The molecule has 146 valence electrons. The van der Waals surface area contributed by atoms with Crippen molar-refractivity contribution >= 4 is 70.6 Å². The van der Waals surface area contributed by atoms with Crippen molar-refractivity contribution < 1.29 is 37.8 Å². The Hall–Kier alpha value is 1.76. The summed E-state index contributed by atoms with van der Waals surface area (Å²) in [6, 6.07) is 0. The van der Waals surface area contributed by atoms with Crippen molar-refractivity contribution in [1.82, 2.24) is 0 Å². The van der Waals surface area contributed by atoms with Crippen molar-refractivity contribution in [3.8, 4) is 0 Å². The molecule has 0 atom stereocenters. The topological polar surface area (TPSA) is 36.9 Å². The average Bonchev–Trinajstić information content (AvgIpc) is 3.30. The van der Waals surface area contributed by atoms with E-state index in [0.29, 0.717) is 39.6 Å². The van der Waals surface area contributed by atoms with Crippen LogP contribution in [0, 0.1) is 5.41 Å². The molecule has 0 saturated heterocycles. The Morgan fingerprint density at radius 1 is 0.630 bits per heavy atom. The van der Waals surface area contributed by atoms with E-state index < -0.39 is 0 Å². The molecule has 0 N–H and O–H groups in total. The number of hydrogen-bond donors (Lipinski definition) is 0. The summed E-state index contributed by atoms with van der Waals surface area (Å²) in [5, 5.41) is 5.23. The maximum absolute atomic E-state index is 5.67. The van der Waals surface area contributed by atoms with Crippen molar-refractivity contribution in [3.05, 3.63) is 27.8 Å². The van der Waals surface area contributed by atoms with E-state index in [1.807, 2.05) is 52.5 Å². The van der Waals surface area contributed by atoms with Crippen molar-refractivity contribution in [1.29, 1.82) is 0 Å². The number of rotatable bonds is 0. The normalized spacial score (nSPS) is 24.3. The SMILES string of the molecule is [C-]1=CSC(=C2SC3=C(SCCOCCOCCOCCOCCS3)S2)S1.[Li+]. The van der Waals surface area contributed by atoms with E-state index in [1.54, 1.807) is 23.5 Å². The Balaban J connectivity index is 0.00000261. The molecule has 4 nitrogen and oxygen atoms in total. The van der Waals surface area contributed by atoms with Gasteiger partial charge in [-0.15, -0.1) is 35.3 Å². The van der Waals surface area contributed by atoms with Gasteiger partial charge in [0.1, 0.15) is 0 Å². The summed E-state index contributed by atoms with van der Waals surface area (Å²) in [5.74, 6) is 1.92. The van der Waals surface area contributed by atoms with Crippen LogP contribution in [0.5, 0.6) is 0 Å². The molecule has 3 heterocycles. The van der Waals surface area contributed by atoms with Crippen LogP contribution in [0.15, 0.2) is 22.4 Å². The van der Waals surface area contributed by atoms with Crippen LogP contribution in [0.1, 0.15) is 0 Å².